The summed E-state index contributed by atoms with van der Waals surface area (Å²) in [5, 5.41) is 9.17. The first-order valence-corrected chi connectivity index (χ1v) is 8.28. The van der Waals surface area contributed by atoms with Gasteiger partial charge in [-0.15, -0.1) is 0 Å². The van der Waals surface area contributed by atoms with Gasteiger partial charge in [-0.1, -0.05) is 0 Å². The smallest absolute Gasteiger partial charge is 0.217 e. The molecule has 0 aliphatic carbocycles. The fraction of sp³-hybridized carbons (Fsp3) is 1.00. The number of rotatable bonds is 4. The fourth-order valence-corrected chi connectivity index (χ4v) is 5.10. The number of aliphatic hydroxyl groups excluding tert-OH is 1. The van der Waals surface area contributed by atoms with Crippen molar-refractivity contribution >= 4 is 10.0 Å². The van der Waals surface area contributed by atoms with Crippen LogP contribution in [0.15, 0.2) is 0 Å². The predicted molar refractivity (Wildman–Crippen MR) is 68.8 cm³/mol. The van der Waals surface area contributed by atoms with Gasteiger partial charge >= 0.3 is 0 Å². The minimum absolute atomic E-state index is 0.0159. The van der Waals surface area contributed by atoms with Gasteiger partial charge in [0.25, 0.3) is 0 Å². The maximum atomic E-state index is 12.6. The Morgan fingerprint density at radius 3 is 2.61 bits per heavy atom. The number of sulfonamides is 1. The number of hydrogen-bond donors (Lipinski definition) is 1. The topological polar surface area (TPSA) is 66.8 Å². The molecule has 0 bridgehead atoms. The van der Waals surface area contributed by atoms with E-state index in [-0.39, 0.29) is 11.3 Å². The summed E-state index contributed by atoms with van der Waals surface area (Å²) < 4.78 is 32.0. The van der Waals surface area contributed by atoms with Crippen LogP contribution in [-0.2, 0) is 14.8 Å². The summed E-state index contributed by atoms with van der Waals surface area (Å²) in [6.07, 6.45) is 3.07. The first-order chi connectivity index (χ1) is 8.51. The molecule has 6 heteroatoms. The van der Waals surface area contributed by atoms with Crippen molar-refractivity contribution in [2.24, 2.45) is 0 Å². The molecule has 2 aliphatic rings. The van der Waals surface area contributed by atoms with E-state index in [2.05, 4.69) is 0 Å². The lowest BCUT2D eigenvalue weighted by Gasteiger charge is -2.31. The van der Waals surface area contributed by atoms with Crippen molar-refractivity contribution in [3.63, 3.8) is 0 Å². The summed E-state index contributed by atoms with van der Waals surface area (Å²) in [6.45, 7) is 3.41. The molecule has 0 aromatic heterocycles. The normalized spacial score (nSPS) is 29.6. The molecule has 1 N–H and O–H groups in total. The number of aliphatic hydroxyl groups is 1. The highest BCUT2D eigenvalue weighted by atomic mass is 32.2. The first-order valence-electron chi connectivity index (χ1n) is 6.78. The third-order valence-corrected chi connectivity index (χ3v) is 6.30. The maximum absolute atomic E-state index is 12.6. The lowest BCUT2D eigenvalue weighted by atomic mass is 10.1. The molecule has 2 saturated heterocycles. The average molecular weight is 277 g/mol. The molecular weight excluding hydrogens is 254 g/mol. The van der Waals surface area contributed by atoms with Crippen LogP contribution in [-0.4, -0.2) is 55.0 Å². The quantitative estimate of drug-likeness (QED) is 0.822. The fourth-order valence-electron chi connectivity index (χ4n) is 2.94. The summed E-state index contributed by atoms with van der Waals surface area (Å²) in [5.74, 6) is 0. The number of nitrogens with zero attached hydrogens (tertiary/aromatic N) is 1. The molecule has 0 amide bonds. The Hall–Kier alpha value is -0.170. The van der Waals surface area contributed by atoms with Gasteiger partial charge in [-0.25, -0.2) is 8.42 Å². The zero-order chi connectivity index (χ0) is 13.2. The lowest BCUT2D eigenvalue weighted by Crippen LogP contribution is -2.44. The van der Waals surface area contributed by atoms with Crippen LogP contribution in [0.1, 0.15) is 39.0 Å². The van der Waals surface area contributed by atoms with Crippen LogP contribution in [0, 0.1) is 0 Å². The van der Waals surface area contributed by atoms with Crippen LogP contribution in [0.2, 0.25) is 0 Å². The van der Waals surface area contributed by atoms with Gasteiger partial charge in [0.1, 0.15) is 0 Å². The molecule has 0 aromatic rings. The van der Waals surface area contributed by atoms with Crippen molar-refractivity contribution in [2.75, 3.05) is 19.8 Å². The molecule has 18 heavy (non-hydrogen) atoms. The van der Waals surface area contributed by atoms with E-state index in [0.29, 0.717) is 39.0 Å². The SMILES string of the molecule is CC(O)CC1CCCN1S(=O)(=O)C1CCOCC1. The zero-order valence-electron chi connectivity index (χ0n) is 10.9. The van der Waals surface area contributed by atoms with Crippen LogP contribution in [0.25, 0.3) is 0 Å². The van der Waals surface area contributed by atoms with Gasteiger partial charge in [-0.05, 0) is 39.0 Å². The van der Waals surface area contributed by atoms with E-state index in [0.717, 1.165) is 12.8 Å². The van der Waals surface area contributed by atoms with Crippen molar-refractivity contribution in [3.05, 3.63) is 0 Å². The van der Waals surface area contributed by atoms with Gasteiger partial charge < -0.3 is 9.84 Å². The van der Waals surface area contributed by atoms with E-state index in [1.54, 1.807) is 11.2 Å². The molecule has 0 aromatic carbocycles. The molecule has 2 unspecified atom stereocenters. The first kappa shape index (κ1) is 14.2. The van der Waals surface area contributed by atoms with Gasteiger partial charge in [0.15, 0.2) is 0 Å². The summed E-state index contributed by atoms with van der Waals surface area (Å²) in [6, 6.07) is -0.0159. The van der Waals surface area contributed by atoms with Gasteiger partial charge in [-0.2, -0.15) is 4.31 Å². The minimum atomic E-state index is -3.21. The molecule has 0 saturated carbocycles. The zero-order valence-corrected chi connectivity index (χ0v) is 11.7. The molecule has 2 rings (SSSR count). The van der Waals surface area contributed by atoms with E-state index in [1.807, 2.05) is 0 Å². The third kappa shape index (κ3) is 3.04. The summed E-state index contributed by atoms with van der Waals surface area (Å²) >= 11 is 0. The molecule has 2 fully saturated rings. The summed E-state index contributed by atoms with van der Waals surface area (Å²) in [4.78, 5) is 0. The maximum Gasteiger partial charge on any atom is 0.217 e. The van der Waals surface area contributed by atoms with Crippen LogP contribution >= 0.6 is 0 Å². The molecule has 2 atom stereocenters. The van der Waals surface area contributed by atoms with Gasteiger partial charge in [0.05, 0.1) is 11.4 Å². The molecular formula is C12H23NO4S. The van der Waals surface area contributed by atoms with E-state index in [1.165, 1.54) is 0 Å². The van der Waals surface area contributed by atoms with Crippen LogP contribution in [0.4, 0.5) is 0 Å². The Bertz CT molecular complexity index is 362. The van der Waals surface area contributed by atoms with Crippen LogP contribution < -0.4 is 0 Å². The second kappa shape index (κ2) is 5.86. The van der Waals surface area contributed by atoms with Gasteiger partial charge in [-0.3, -0.25) is 0 Å². The number of hydrogen-bond acceptors (Lipinski definition) is 4. The van der Waals surface area contributed by atoms with Gasteiger partial charge in [0, 0.05) is 25.8 Å². The van der Waals surface area contributed by atoms with E-state index >= 15 is 0 Å². The van der Waals surface area contributed by atoms with Crippen LogP contribution in [0.5, 0.6) is 0 Å². The van der Waals surface area contributed by atoms with E-state index < -0.39 is 16.1 Å². The molecule has 106 valence electrons. The van der Waals surface area contributed by atoms with Crippen molar-refractivity contribution in [3.8, 4) is 0 Å². The van der Waals surface area contributed by atoms with Crippen molar-refractivity contribution in [2.45, 2.75) is 56.4 Å². The molecule has 0 spiro atoms. The minimum Gasteiger partial charge on any atom is -0.393 e. The lowest BCUT2D eigenvalue weighted by molar-refractivity contribution is 0.0965. The Kier molecular flexibility index (Phi) is 4.64. The van der Waals surface area contributed by atoms with E-state index in [4.69, 9.17) is 4.74 Å². The van der Waals surface area contributed by atoms with Crippen LogP contribution in [0.3, 0.4) is 0 Å². The predicted octanol–water partition coefficient (Wildman–Crippen LogP) is 0.730. The molecule has 0 radical (unpaired) electrons. The van der Waals surface area contributed by atoms with Gasteiger partial charge in [0.2, 0.25) is 10.0 Å². The summed E-state index contributed by atoms with van der Waals surface area (Å²) in [5.41, 5.74) is 0. The highest BCUT2D eigenvalue weighted by Gasteiger charge is 2.39. The largest absolute Gasteiger partial charge is 0.393 e. The highest BCUT2D eigenvalue weighted by Crippen LogP contribution is 2.29. The Balaban J connectivity index is 2.07. The Labute approximate surface area is 109 Å². The molecule has 5 nitrogen and oxygen atoms in total. The Morgan fingerprint density at radius 2 is 2.00 bits per heavy atom. The van der Waals surface area contributed by atoms with E-state index in [9.17, 15) is 13.5 Å². The molecule has 2 heterocycles. The second-order valence-electron chi connectivity index (χ2n) is 5.35. The summed E-state index contributed by atoms with van der Waals surface area (Å²) in [7, 11) is -3.21. The third-order valence-electron chi connectivity index (χ3n) is 3.85. The Morgan fingerprint density at radius 1 is 1.33 bits per heavy atom. The van der Waals surface area contributed by atoms with Crippen molar-refractivity contribution in [1.82, 2.24) is 4.31 Å². The molecule has 2 aliphatic heterocycles. The standard InChI is InChI=1S/C12H23NO4S/c1-10(14)9-11-3-2-6-13(11)18(15,16)12-4-7-17-8-5-12/h10-12,14H,2-9H2,1H3. The monoisotopic (exact) mass is 277 g/mol. The van der Waals surface area contributed by atoms with Crippen molar-refractivity contribution in [1.29, 1.82) is 0 Å². The average Bonchev–Trinajstić information content (AvgIpc) is 2.78. The highest BCUT2D eigenvalue weighted by molar-refractivity contribution is 7.89. The second-order valence-corrected chi connectivity index (χ2v) is 7.51. The van der Waals surface area contributed by atoms with Crippen molar-refractivity contribution < 1.29 is 18.3 Å². The number of ether oxygens (including phenoxy) is 1.